The first-order chi connectivity index (χ1) is 10.3. The third kappa shape index (κ3) is 5.04. The number of benzene rings is 1. The Hall–Kier alpha value is -2.64. The summed E-state index contributed by atoms with van der Waals surface area (Å²) in [6.45, 7) is 4.91. The Morgan fingerprint density at radius 2 is 2.05 bits per heavy atom. The number of amides is 1. The van der Waals surface area contributed by atoms with E-state index < -0.39 is 10.9 Å². The van der Waals surface area contributed by atoms with Crippen LogP contribution in [0.5, 0.6) is 5.75 Å². The maximum Gasteiger partial charge on any atom is 0.344 e. The van der Waals surface area contributed by atoms with E-state index in [2.05, 4.69) is 5.32 Å². The molecule has 0 aliphatic rings. The largest absolute Gasteiger partial charge is 0.480 e. The van der Waals surface area contributed by atoms with Gasteiger partial charge in [-0.05, 0) is 13.0 Å². The highest BCUT2D eigenvalue weighted by Gasteiger charge is 2.16. The standard InChI is InChI=1S/C14H18N2O6/c1-4-21-13(17)8-22-12-6-5-10(16(19)20)7-11(12)15-14(18)9(2)3/h5-7,9H,4,8H2,1-3H3,(H,15,18). The molecule has 0 aliphatic heterocycles. The molecule has 0 radical (unpaired) electrons. The molecule has 120 valence electrons. The molecule has 0 spiro atoms. The minimum atomic E-state index is -0.583. The van der Waals surface area contributed by atoms with Crippen molar-refractivity contribution in [2.45, 2.75) is 20.8 Å². The molecule has 0 saturated carbocycles. The van der Waals surface area contributed by atoms with Gasteiger partial charge in [-0.25, -0.2) is 4.79 Å². The van der Waals surface area contributed by atoms with E-state index in [0.29, 0.717) is 0 Å². The Bertz CT molecular complexity index is 570. The van der Waals surface area contributed by atoms with Crippen molar-refractivity contribution in [2.75, 3.05) is 18.5 Å². The second kappa shape index (κ2) is 7.96. The van der Waals surface area contributed by atoms with E-state index in [9.17, 15) is 19.7 Å². The number of rotatable bonds is 7. The summed E-state index contributed by atoms with van der Waals surface area (Å²) in [5, 5.41) is 13.4. The van der Waals surface area contributed by atoms with E-state index in [4.69, 9.17) is 9.47 Å². The highest BCUT2D eigenvalue weighted by molar-refractivity contribution is 5.94. The van der Waals surface area contributed by atoms with Crippen molar-refractivity contribution >= 4 is 23.3 Å². The first-order valence-electron chi connectivity index (χ1n) is 6.72. The van der Waals surface area contributed by atoms with E-state index in [1.165, 1.54) is 18.2 Å². The molecule has 1 aromatic rings. The number of hydrogen-bond acceptors (Lipinski definition) is 6. The van der Waals surface area contributed by atoms with E-state index in [1.807, 2.05) is 0 Å². The maximum atomic E-state index is 11.8. The molecule has 0 fully saturated rings. The number of carbonyl (C=O) groups excluding carboxylic acids is 2. The molecule has 0 atom stereocenters. The number of ether oxygens (including phenoxy) is 2. The van der Waals surface area contributed by atoms with Gasteiger partial charge in [-0.1, -0.05) is 13.8 Å². The van der Waals surface area contributed by atoms with Gasteiger partial charge in [-0.2, -0.15) is 0 Å². The molecule has 1 aromatic carbocycles. The number of esters is 1. The topological polar surface area (TPSA) is 108 Å². The minimum absolute atomic E-state index is 0.136. The lowest BCUT2D eigenvalue weighted by Crippen LogP contribution is -2.19. The number of nitro benzene ring substituents is 1. The van der Waals surface area contributed by atoms with Crippen molar-refractivity contribution in [2.24, 2.45) is 5.92 Å². The molecule has 1 N–H and O–H groups in total. The van der Waals surface area contributed by atoms with Gasteiger partial charge in [0.15, 0.2) is 6.61 Å². The van der Waals surface area contributed by atoms with E-state index in [1.54, 1.807) is 20.8 Å². The van der Waals surface area contributed by atoms with Crippen molar-refractivity contribution in [3.63, 3.8) is 0 Å². The summed E-state index contributed by atoms with van der Waals surface area (Å²) < 4.78 is 9.98. The van der Waals surface area contributed by atoms with Crippen LogP contribution in [0.2, 0.25) is 0 Å². The number of nitrogens with one attached hydrogen (secondary N) is 1. The Labute approximate surface area is 127 Å². The quantitative estimate of drug-likeness (QED) is 0.469. The highest BCUT2D eigenvalue weighted by atomic mass is 16.6. The number of non-ortho nitro benzene ring substituents is 1. The van der Waals surface area contributed by atoms with Gasteiger partial charge < -0.3 is 14.8 Å². The fourth-order valence-corrected chi connectivity index (χ4v) is 1.47. The summed E-state index contributed by atoms with van der Waals surface area (Å²) >= 11 is 0. The fourth-order valence-electron chi connectivity index (χ4n) is 1.47. The van der Waals surface area contributed by atoms with E-state index >= 15 is 0 Å². The summed E-state index contributed by atoms with van der Waals surface area (Å²) in [5.41, 5.74) is -0.0558. The van der Waals surface area contributed by atoms with Crippen LogP contribution in [0.25, 0.3) is 0 Å². The highest BCUT2D eigenvalue weighted by Crippen LogP contribution is 2.29. The lowest BCUT2D eigenvalue weighted by atomic mass is 10.2. The van der Waals surface area contributed by atoms with Crippen LogP contribution in [0, 0.1) is 16.0 Å². The SMILES string of the molecule is CCOC(=O)COc1ccc([N+](=O)[O-])cc1NC(=O)C(C)C. The van der Waals surface area contributed by atoms with Crippen LogP contribution in [0.15, 0.2) is 18.2 Å². The molecule has 0 aromatic heterocycles. The third-order valence-electron chi connectivity index (χ3n) is 2.61. The molecule has 1 amide bonds. The zero-order valence-corrected chi connectivity index (χ0v) is 12.6. The molecule has 0 saturated heterocycles. The van der Waals surface area contributed by atoms with E-state index in [-0.39, 0.29) is 42.2 Å². The average Bonchev–Trinajstić information content (AvgIpc) is 2.45. The second-order valence-corrected chi connectivity index (χ2v) is 4.68. The molecule has 0 aliphatic carbocycles. The summed E-state index contributed by atoms with van der Waals surface area (Å²) in [6, 6.07) is 3.74. The van der Waals surface area contributed by atoms with Gasteiger partial charge in [0.25, 0.3) is 5.69 Å². The van der Waals surface area contributed by atoms with Crippen molar-refractivity contribution in [3.8, 4) is 5.75 Å². The molecule has 0 unspecified atom stereocenters. The summed E-state index contributed by atoms with van der Waals surface area (Å²) in [4.78, 5) is 33.3. The van der Waals surface area contributed by atoms with Gasteiger partial charge in [-0.15, -0.1) is 0 Å². The molecule has 8 nitrogen and oxygen atoms in total. The lowest BCUT2D eigenvalue weighted by molar-refractivity contribution is -0.384. The molecule has 0 bridgehead atoms. The van der Waals surface area contributed by atoms with Crippen LogP contribution in [-0.2, 0) is 14.3 Å². The van der Waals surface area contributed by atoms with E-state index in [0.717, 1.165) is 0 Å². The molecule has 22 heavy (non-hydrogen) atoms. The van der Waals surface area contributed by atoms with Gasteiger partial charge in [0.1, 0.15) is 5.75 Å². The zero-order valence-electron chi connectivity index (χ0n) is 12.6. The number of carbonyl (C=O) groups is 2. The fraction of sp³-hybridized carbons (Fsp3) is 0.429. The van der Waals surface area contributed by atoms with Crippen molar-refractivity contribution < 1.29 is 24.0 Å². The summed E-state index contributed by atoms with van der Waals surface area (Å²) in [7, 11) is 0. The van der Waals surface area contributed by atoms with Crippen LogP contribution in [0.4, 0.5) is 11.4 Å². The second-order valence-electron chi connectivity index (χ2n) is 4.68. The maximum absolute atomic E-state index is 11.8. The van der Waals surface area contributed by atoms with Gasteiger partial charge in [0.05, 0.1) is 17.2 Å². The first kappa shape index (κ1) is 17.4. The van der Waals surface area contributed by atoms with Crippen LogP contribution >= 0.6 is 0 Å². The van der Waals surface area contributed by atoms with Gasteiger partial charge in [0, 0.05) is 18.1 Å². The number of nitrogens with zero attached hydrogens (tertiary/aromatic N) is 1. The summed E-state index contributed by atoms with van der Waals surface area (Å²) in [5.74, 6) is -1.03. The van der Waals surface area contributed by atoms with Crippen molar-refractivity contribution in [1.82, 2.24) is 0 Å². The van der Waals surface area contributed by atoms with Crippen molar-refractivity contribution in [3.05, 3.63) is 28.3 Å². The Kier molecular flexibility index (Phi) is 6.30. The smallest absolute Gasteiger partial charge is 0.344 e. The first-order valence-corrected chi connectivity index (χ1v) is 6.72. The van der Waals surface area contributed by atoms with Crippen LogP contribution in [0.1, 0.15) is 20.8 Å². The molecular weight excluding hydrogens is 292 g/mol. The van der Waals surface area contributed by atoms with Gasteiger partial charge in [0.2, 0.25) is 5.91 Å². The predicted octanol–water partition coefficient (Wildman–Crippen LogP) is 2.13. The average molecular weight is 310 g/mol. The van der Waals surface area contributed by atoms with Gasteiger partial charge in [-0.3, -0.25) is 14.9 Å². The normalized spacial score (nSPS) is 10.2. The molecular formula is C14H18N2O6. The van der Waals surface area contributed by atoms with Gasteiger partial charge >= 0.3 is 5.97 Å². The Morgan fingerprint density at radius 1 is 1.36 bits per heavy atom. The monoisotopic (exact) mass is 310 g/mol. The number of nitro groups is 1. The predicted molar refractivity (Wildman–Crippen MR) is 78.7 cm³/mol. The zero-order chi connectivity index (χ0) is 16.7. The summed E-state index contributed by atoms with van der Waals surface area (Å²) in [6.07, 6.45) is 0. The number of hydrogen-bond donors (Lipinski definition) is 1. The molecule has 1 rings (SSSR count). The Morgan fingerprint density at radius 3 is 2.59 bits per heavy atom. The van der Waals surface area contributed by atoms with Crippen LogP contribution in [-0.4, -0.2) is 30.0 Å². The van der Waals surface area contributed by atoms with Crippen LogP contribution in [0.3, 0.4) is 0 Å². The molecule has 8 heteroatoms. The minimum Gasteiger partial charge on any atom is -0.480 e. The van der Waals surface area contributed by atoms with Crippen LogP contribution < -0.4 is 10.1 Å². The molecule has 0 heterocycles. The lowest BCUT2D eigenvalue weighted by Gasteiger charge is -2.13. The number of anilines is 1. The Balaban J connectivity index is 2.96. The van der Waals surface area contributed by atoms with Crippen molar-refractivity contribution in [1.29, 1.82) is 0 Å². The third-order valence-corrected chi connectivity index (χ3v) is 2.61.